The SMILES string of the molecule is CC1CC(=O)c2c(OCC(=O)Nc3ccc(Br)cc3Br)ccc(F)c21. The molecular formula is C18H14Br2FNO3. The first-order chi connectivity index (χ1) is 11.9. The van der Waals surface area contributed by atoms with Crippen molar-refractivity contribution in [3.8, 4) is 5.75 Å². The molecule has 0 saturated heterocycles. The van der Waals surface area contributed by atoms with E-state index in [2.05, 4.69) is 37.2 Å². The van der Waals surface area contributed by atoms with Gasteiger partial charge < -0.3 is 10.1 Å². The molecule has 0 aliphatic heterocycles. The summed E-state index contributed by atoms with van der Waals surface area (Å²) in [7, 11) is 0. The number of benzene rings is 2. The summed E-state index contributed by atoms with van der Waals surface area (Å²) >= 11 is 6.70. The smallest absolute Gasteiger partial charge is 0.262 e. The lowest BCUT2D eigenvalue weighted by molar-refractivity contribution is -0.118. The van der Waals surface area contributed by atoms with Gasteiger partial charge in [0.2, 0.25) is 0 Å². The zero-order valence-electron chi connectivity index (χ0n) is 13.2. The molecule has 0 radical (unpaired) electrons. The number of carbonyl (C=O) groups excluding carboxylic acids is 2. The van der Waals surface area contributed by atoms with E-state index in [0.717, 1.165) is 8.95 Å². The van der Waals surface area contributed by atoms with Gasteiger partial charge in [-0.15, -0.1) is 0 Å². The summed E-state index contributed by atoms with van der Waals surface area (Å²) in [6, 6.07) is 8.02. The number of fused-ring (bicyclic) bond motifs is 1. The van der Waals surface area contributed by atoms with Gasteiger partial charge in [-0.1, -0.05) is 22.9 Å². The lowest BCUT2D eigenvalue weighted by Gasteiger charge is -2.12. The summed E-state index contributed by atoms with van der Waals surface area (Å²) in [6.07, 6.45) is 0.255. The van der Waals surface area contributed by atoms with Gasteiger partial charge in [0.25, 0.3) is 5.91 Å². The molecule has 2 aromatic rings. The van der Waals surface area contributed by atoms with Crippen LogP contribution in [0, 0.1) is 5.82 Å². The predicted molar refractivity (Wildman–Crippen MR) is 99.7 cm³/mol. The third-order valence-corrected chi connectivity index (χ3v) is 5.13. The van der Waals surface area contributed by atoms with E-state index in [1.165, 1.54) is 12.1 Å². The monoisotopic (exact) mass is 469 g/mol. The Bertz CT molecular complexity index is 870. The number of nitrogens with one attached hydrogen (secondary N) is 1. The van der Waals surface area contributed by atoms with Crippen molar-refractivity contribution in [3.05, 3.63) is 56.2 Å². The quantitative estimate of drug-likeness (QED) is 0.679. The number of halogens is 3. The summed E-state index contributed by atoms with van der Waals surface area (Å²) in [6.45, 7) is 1.52. The van der Waals surface area contributed by atoms with E-state index in [1.807, 2.05) is 6.07 Å². The molecule has 0 bridgehead atoms. The first-order valence-electron chi connectivity index (χ1n) is 7.60. The van der Waals surface area contributed by atoms with Crippen molar-refractivity contribution in [2.24, 2.45) is 0 Å². The second kappa shape index (κ2) is 7.25. The summed E-state index contributed by atoms with van der Waals surface area (Å²) in [5, 5.41) is 2.72. The first-order valence-corrected chi connectivity index (χ1v) is 9.18. The molecule has 7 heteroatoms. The molecule has 4 nitrogen and oxygen atoms in total. The summed E-state index contributed by atoms with van der Waals surface area (Å²) in [5.74, 6) is -0.883. The fourth-order valence-electron chi connectivity index (χ4n) is 2.87. The van der Waals surface area contributed by atoms with Gasteiger partial charge in [-0.3, -0.25) is 9.59 Å². The maximum Gasteiger partial charge on any atom is 0.262 e. The molecular weight excluding hydrogens is 457 g/mol. The Kier molecular flexibility index (Phi) is 5.24. The highest BCUT2D eigenvalue weighted by atomic mass is 79.9. The van der Waals surface area contributed by atoms with Gasteiger partial charge in [0.15, 0.2) is 12.4 Å². The number of amides is 1. The Hall–Kier alpha value is -1.73. The van der Waals surface area contributed by atoms with E-state index in [9.17, 15) is 14.0 Å². The number of anilines is 1. The van der Waals surface area contributed by atoms with Crippen LogP contribution in [0.3, 0.4) is 0 Å². The van der Waals surface area contributed by atoms with Crippen LogP contribution in [0.4, 0.5) is 10.1 Å². The van der Waals surface area contributed by atoms with Crippen LogP contribution < -0.4 is 10.1 Å². The standard InChI is InChI=1S/C18H14Br2FNO3/c1-9-6-14(23)18-15(5-3-12(21)17(9)18)25-8-16(24)22-13-4-2-10(19)7-11(13)20/h2-5,7,9H,6,8H2,1H3,(H,22,24). The fourth-order valence-corrected chi connectivity index (χ4v) is 4.01. The highest BCUT2D eigenvalue weighted by Gasteiger charge is 2.32. The van der Waals surface area contributed by atoms with Crippen molar-refractivity contribution in [1.29, 1.82) is 0 Å². The second-order valence-electron chi connectivity index (χ2n) is 5.82. The number of carbonyl (C=O) groups is 2. The lowest BCUT2D eigenvalue weighted by Crippen LogP contribution is -2.21. The van der Waals surface area contributed by atoms with Crippen molar-refractivity contribution in [2.75, 3.05) is 11.9 Å². The topological polar surface area (TPSA) is 55.4 Å². The fraction of sp³-hybridized carbons (Fsp3) is 0.222. The number of hydrogen-bond acceptors (Lipinski definition) is 3. The molecule has 0 fully saturated rings. The minimum atomic E-state index is -0.413. The maximum absolute atomic E-state index is 14.0. The number of rotatable bonds is 4. The van der Waals surface area contributed by atoms with E-state index in [1.54, 1.807) is 19.1 Å². The zero-order chi connectivity index (χ0) is 18.1. The highest BCUT2D eigenvalue weighted by molar-refractivity contribution is 9.11. The van der Waals surface area contributed by atoms with E-state index in [-0.39, 0.29) is 41.9 Å². The van der Waals surface area contributed by atoms with Gasteiger partial charge in [-0.05, 0) is 52.2 Å². The van der Waals surface area contributed by atoms with Gasteiger partial charge in [0.05, 0.1) is 11.3 Å². The Labute approximate surface area is 161 Å². The van der Waals surface area contributed by atoms with Crippen molar-refractivity contribution >= 4 is 49.2 Å². The number of ether oxygens (including phenoxy) is 1. The molecule has 1 aliphatic rings. The van der Waals surface area contributed by atoms with Crippen LogP contribution in [0.1, 0.15) is 35.2 Å². The first kappa shape index (κ1) is 18.1. The highest BCUT2D eigenvalue weighted by Crippen LogP contribution is 2.39. The van der Waals surface area contributed by atoms with Gasteiger partial charge in [-0.2, -0.15) is 0 Å². The average molecular weight is 471 g/mol. The Morgan fingerprint density at radius 2 is 2.08 bits per heavy atom. The van der Waals surface area contributed by atoms with Gasteiger partial charge >= 0.3 is 0 Å². The van der Waals surface area contributed by atoms with Gasteiger partial charge in [-0.25, -0.2) is 4.39 Å². The van der Waals surface area contributed by atoms with E-state index in [4.69, 9.17) is 4.74 Å². The molecule has 0 spiro atoms. The predicted octanol–water partition coefficient (Wildman–Crippen LogP) is 5.06. The van der Waals surface area contributed by atoms with Crippen molar-refractivity contribution in [3.63, 3.8) is 0 Å². The van der Waals surface area contributed by atoms with Crippen LogP contribution in [0.25, 0.3) is 0 Å². The molecule has 1 N–H and O–H groups in total. The van der Waals surface area contributed by atoms with Crippen LogP contribution in [0.15, 0.2) is 39.3 Å². The second-order valence-corrected chi connectivity index (χ2v) is 7.59. The molecule has 1 unspecified atom stereocenters. The molecule has 130 valence electrons. The van der Waals surface area contributed by atoms with Gasteiger partial charge in [0.1, 0.15) is 11.6 Å². The van der Waals surface area contributed by atoms with Crippen molar-refractivity contribution in [1.82, 2.24) is 0 Å². The maximum atomic E-state index is 14.0. The van der Waals surface area contributed by atoms with E-state index in [0.29, 0.717) is 11.3 Å². The lowest BCUT2D eigenvalue weighted by atomic mass is 10.0. The molecule has 1 amide bonds. The van der Waals surface area contributed by atoms with Crippen LogP contribution in [-0.2, 0) is 4.79 Å². The van der Waals surface area contributed by atoms with Crippen LogP contribution in [-0.4, -0.2) is 18.3 Å². The molecule has 3 rings (SSSR count). The minimum absolute atomic E-state index is 0.159. The number of hydrogen-bond donors (Lipinski definition) is 1. The molecule has 0 saturated carbocycles. The van der Waals surface area contributed by atoms with Crippen molar-refractivity contribution < 1.29 is 18.7 Å². The minimum Gasteiger partial charge on any atom is -0.483 e. The van der Waals surface area contributed by atoms with Crippen LogP contribution >= 0.6 is 31.9 Å². The van der Waals surface area contributed by atoms with E-state index < -0.39 is 5.82 Å². The molecule has 2 aromatic carbocycles. The van der Waals surface area contributed by atoms with Crippen LogP contribution in [0.2, 0.25) is 0 Å². The average Bonchev–Trinajstić information content (AvgIpc) is 2.85. The Morgan fingerprint density at radius 3 is 2.80 bits per heavy atom. The summed E-state index contributed by atoms with van der Waals surface area (Å²) < 4.78 is 21.1. The normalized spacial score (nSPS) is 15.8. The number of ketones is 1. The molecule has 0 aromatic heterocycles. The Balaban J connectivity index is 1.72. The summed E-state index contributed by atoms with van der Waals surface area (Å²) in [4.78, 5) is 24.2. The van der Waals surface area contributed by atoms with Gasteiger partial charge in [0, 0.05) is 20.9 Å². The molecule has 25 heavy (non-hydrogen) atoms. The Morgan fingerprint density at radius 1 is 1.32 bits per heavy atom. The number of Topliss-reactive ketones (excluding diaryl/α,β-unsaturated/α-hetero) is 1. The van der Waals surface area contributed by atoms with Crippen LogP contribution in [0.5, 0.6) is 5.75 Å². The third-order valence-electron chi connectivity index (χ3n) is 3.98. The molecule has 1 atom stereocenters. The molecule has 0 heterocycles. The summed E-state index contributed by atoms with van der Waals surface area (Å²) in [5.41, 5.74) is 1.23. The van der Waals surface area contributed by atoms with Crippen molar-refractivity contribution in [2.45, 2.75) is 19.3 Å². The molecule has 1 aliphatic carbocycles. The third kappa shape index (κ3) is 3.77. The van der Waals surface area contributed by atoms with E-state index >= 15 is 0 Å². The zero-order valence-corrected chi connectivity index (χ0v) is 16.4. The largest absolute Gasteiger partial charge is 0.483 e.